The first-order chi connectivity index (χ1) is 9.24. The van der Waals surface area contributed by atoms with Gasteiger partial charge in [-0.3, -0.25) is 4.98 Å². The maximum absolute atomic E-state index is 5.48. The van der Waals surface area contributed by atoms with E-state index < -0.39 is 0 Å². The molecule has 0 spiro atoms. The lowest BCUT2D eigenvalue weighted by Crippen LogP contribution is -2.01. The van der Waals surface area contributed by atoms with Gasteiger partial charge in [-0.05, 0) is 36.5 Å². The van der Waals surface area contributed by atoms with Crippen LogP contribution in [0.2, 0.25) is 0 Å². The van der Waals surface area contributed by atoms with E-state index in [4.69, 9.17) is 12.2 Å². The van der Waals surface area contributed by atoms with E-state index in [9.17, 15) is 0 Å². The van der Waals surface area contributed by atoms with Gasteiger partial charge in [-0.1, -0.05) is 25.1 Å². The number of aromatic nitrogens is 3. The maximum Gasteiger partial charge on any atom is 0.178 e. The van der Waals surface area contributed by atoms with Crippen molar-refractivity contribution >= 4 is 34.2 Å². The molecule has 0 aliphatic heterocycles. The van der Waals surface area contributed by atoms with Gasteiger partial charge in [0.1, 0.15) is 0 Å². The Balaban J connectivity index is 2.02. The first-order valence-corrected chi connectivity index (χ1v) is 7.11. The van der Waals surface area contributed by atoms with Crippen molar-refractivity contribution < 1.29 is 0 Å². The standard InChI is InChI=1S/C15H15N3S/c1-9-6-10(9)8-18-14-11-4-2-3-5-12(11)16-7-13(14)17-15(18)19/h2-5,7,9-10H,6,8H2,1H3,(H,17,19). The highest BCUT2D eigenvalue weighted by Crippen LogP contribution is 2.40. The first kappa shape index (κ1) is 11.2. The molecule has 19 heavy (non-hydrogen) atoms. The van der Waals surface area contributed by atoms with Crippen LogP contribution in [0.1, 0.15) is 13.3 Å². The summed E-state index contributed by atoms with van der Waals surface area (Å²) in [7, 11) is 0. The molecule has 1 saturated carbocycles. The molecule has 96 valence electrons. The van der Waals surface area contributed by atoms with E-state index in [2.05, 4.69) is 39.7 Å². The smallest absolute Gasteiger partial charge is 0.178 e. The minimum atomic E-state index is 0.776. The normalized spacial score (nSPS) is 22.2. The van der Waals surface area contributed by atoms with Crippen LogP contribution in [-0.2, 0) is 6.54 Å². The summed E-state index contributed by atoms with van der Waals surface area (Å²) < 4.78 is 3.07. The number of fused-ring (bicyclic) bond motifs is 3. The van der Waals surface area contributed by atoms with E-state index in [0.717, 1.165) is 34.2 Å². The summed E-state index contributed by atoms with van der Waals surface area (Å²) in [6.45, 7) is 3.33. The zero-order valence-electron chi connectivity index (χ0n) is 10.8. The van der Waals surface area contributed by atoms with Crippen molar-refractivity contribution in [3.63, 3.8) is 0 Å². The Morgan fingerprint density at radius 3 is 3.00 bits per heavy atom. The van der Waals surface area contributed by atoms with Crippen LogP contribution >= 0.6 is 12.2 Å². The summed E-state index contributed by atoms with van der Waals surface area (Å²) in [6.07, 6.45) is 3.21. The van der Waals surface area contributed by atoms with Gasteiger partial charge >= 0.3 is 0 Å². The summed E-state index contributed by atoms with van der Waals surface area (Å²) in [5.74, 6) is 1.61. The summed E-state index contributed by atoms with van der Waals surface area (Å²) >= 11 is 5.48. The number of imidazole rings is 1. The second-order valence-corrected chi connectivity index (χ2v) is 5.94. The number of nitrogens with one attached hydrogen (secondary N) is 1. The molecule has 1 aromatic carbocycles. The SMILES string of the molecule is CC1CC1Cn1c(=S)[nH]c2cnc3ccccc3c21. The molecule has 0 amide bonds. The molecule has 1 fully saturated rings. The third kappa shape index (κ3) is 1.70. The van der Waals surface area contributed by atoms with E-state index in [-0.39, 0.29) is 0 Å². The van der Waals surface area contributed by atoms with E-state index in [1.54, 1.807) is 0 Å². The summed E-state index contributed by atoms with van der Waals surface area (Å²) in [4.78, 5) is 7.77. The van der Waals surface area contributed by atoms with Gasteiger partial charge in [0.25, 0.3) is 0 Å². The summed E-state index contributed by atoms with van der Waals surface area (Å²) in [5, 5.41) is 1.18. The Bertz CT molecular complexity index is 830. The number of H-pyrrole nitrogens is 1. The molecule has 2 unspecified atom stereocenters. The molecule has 0 radical (unpaired) electrons. The zero-order chi connectivity index (χ0) is 13.0. The quantitative estimate of drug-likeness (QED) is 0.716. The molecular formula is C15H15N3S. The number of pyridine rings is 1. The van der Waals surface area contributed by atoms with E-state index in [1.165, 1.54) is 17.3 Å². The van der Waals surface area contributed by atoms with Crippen LogP contribution < -0.4 is 0 Å². The Morgan fingerprint density at radius 2 is 2.21 bits per heavy atom. The minimum Gasteiger partial charge on any atom is -0.329 e. The zero-order valence-corrected chi connectivity index (χ0v) is 11.6. The van der Waals surface area contributed by atoms with Gasteiger partial charge in [-0.2, -0.15) is 0 Å². The highest BCUT2D eigenvalue weighted by molar-refractivity contribution is 7.71. The van der Waals surface area contributed by atoms with Crippen LogP contribution in [0.25, 0.3) is 21.9 Å². The van der Waals surface area contributed by atoms with Crippen molar-refractivity contribution in [1.29, 1.82) is 0 Å². The molecule has 0 bridgehead atoms. The Labute approximate surface area is 116 Å². The van der Waals surface area contributed by atoms with Gasteiger partial charge in [-0.25, -0.2) is 0 Å². The topological polar surface area (TPSA) is 33.6 Å². The van der Waals surface area contributed by atoms with Crippen molar-refractivity contribution in [2.45, 2.75) is 19.9 Å². The lowest BCUT2D eigenvalue weighted by atomic mass is 10.2. The predicted molar refractivity (Wildman–Crippen MR) is 79.7 cm³/mol. The first-order valence-electron chi connectivity index (χ1n) is 6.70. The van der Waals surface area contributed by atoms with Crippen LogP contribution in [0.5, 0.6) is 0 Å². The Morgan fingerprint density at radius 1 is 1.42 bits per heavy atom. The summed E-state index contributed by atoms with van der Waals surface area (Å²) in [5.41, 5.74) is 3.27. The third-order valence-corrected chi connectivity index (χ3v) is 4.52. The molecule has 3 nitrogen and oxygen atoms in total. The second-order valence-electron chi connectivity index (χ2n) is 5.55. The van der Waals surface area contributed by atoms with E-state index >= 15 is 0 Å². The molecule has 2 heterocycles. The number of nitrogens with zero attached hydrogens (tertiary/aromatic N) is 2. The third-order valence-electron chi connectivity index (χ3n) is 4.20. The van der Waals surface area contributed by atoms with Crippen molar-refractivity contribution in [1.82, 2.24) is 14.5 Å². The Hall–Kier alpha value is -1.68. The molecule has 4 heteroatoms. The van der Waals surface area contributed by atoms with Crippen molar-refractivity contribution in [3.8, 4) is 0 Å². The number of hydrogen-bond donors (Lipinski definition) is 1. The number of benzene rings is 1. The minimum absolute atomic E-state index is 0.776. The maximum atomic E-state index is 5.48. The average Bonchev–Trinajstić information content (AvgIpc) is 3.01. The highest BCUT2D eigenvalue weighted by atomic mass is 32.1. The molecule has 1 aliphatic carbocycles. The van der Waals surface area contributed by atoms with Crippen LogP contribution in [0.15, 0.2) is 30.5 Å². The largest absolute Gasteiger partial charge is 0.329 e. The fourth-order valence-corrected chi connectivity index (χ4v) is 3.13. The number of hydrogen-bond acceptors (Lipinski definition) is 2. The number of rotatable bonds is 2. The van der Waals surface area contributed by atoms with E-state index in [1.807, 2.05) is 12.3 Å². The predicted octanol–water partition coefficient (Wildman–Crippen LogP) is 3.90. The molecule has 4 rings (SSSR count). The van der Waals surface area contributed by atoms with Gasteiger partial charge in [-0.15, -0.1) is 0 Å². The van der Waals surface area contributed by atoms with Crippen LogP contribution in [0.3, 0.4) is 0 Å². The van der Waals surface area contributed by atoms with Gasteiger partial charge in [0, 0.05) is 11.9 Å². The molecule has 1 aliphatic rings. The van der Waals surface area contributed by atoms with Crippen molar-refractivity contribution in [2.24, 2.45) is 11.8 Å². The van der Waals surface area contributed by atoms with Crippen molar-refractivity contribution in [2.75, 3.05) is 0 Å². The van der Waals surface area contributed by atoms with Gasteiger partial charge < -0.3 is 9.55 Å². The fraction of sp³-hybridized carbons (Fsp3) is 0.333. The average molecular weight is 269 g/mol. The van der Waals surface area contributed by atoms with Gasteiger partial charge in [0.05, 0.1) is 22.7 Å². The van der Waals surface area contributed by atoms with Gasteiger partial charge in [0.2, 0.25) is 0 Å². The van der Waals surface area contributed by atoms with Crippen LogP contribution in [-0.4, -0.2) is 14.5 Å². The van der Waals surface area contributed by atoms with Crippen molar-refractivity contribution in [3.05, 3.63) is 35.2 Å². The summed E-state index contributed by atoms with van der Waals surface area (Å²) in [6, 6.07) is 8.26. The molecule has 2 aromatic heterocycles. The molecule has 1 N–H and O–H groups in total. The lowest BCUT2D eigenvalue weighted by Gasteiger charge is -2.06. The van der Waals surface area contributed by atoms with E-state index in [0.29, 0.717) is 0 Å². The fourth-order valence-electron chi connectivity index (χ4n) is 2.86. The van der Waals surface area contributed by atoms with Gasteiger partial charge in [0.15, 0.2) is 4.77 Å². The molecular weight excluding hydrogens is 254 g/mol. The number of para-hydroxylation sites is 1. The highest BCUT2D eigenvalue weighted by Gasteiger charge is 2.33. The molecule has 2 atom stereocenters. The molecule has 3 aromatic rings. The van der Waals surface area contributed by atoms with Crippen LogP contribution in [0.4, 0.5) is 0 Å². The van der Waals surface area contributed by atoms with Crippen LogP contribution in [0, 0.1) is 16.6 Å². The molecule has 0 saturated heterocycles. The monoisotopic (exact) mass is 269 g/mol. The second kappa shape index (κ2) is 3.90. The number of aromatic amines is 1. The lowest BCUT2D eigenvalue weighted by molar-refractivity contribution is 0.601. The Kier molecular flexibility index (Phi) is 2.30.